The molecule has 2 aromatic rings. The maximum atomic E-state index is 13.8. The van der Waals surface area contributed by atoms with Crippen molar-refractivity contribution in [3.8, 4) is 5.75 Å². The highest BCUT2D eigenvalue weighted by atomic mass is 16.7. The number of carbonyl (C=O) groups is 8. The summed E-state index contributed by atoms with van der Waals surface area (Å²) in [5.41, 5.74) is 10.2. The van der Waals surface area contributed by atoms with Crippen LogP contribution in [0, 0.1) is 5.92 Å². The molecule has 0 radical (unpaired) electrons. The van der Waals surface area contributed by atoms with Crippen LogP contribution in [0.5, 0.6) is 5.75 Å². The van der Waals surface area contributed by atoms with Crippen LogP contribution in [0.2, 0.25) is 0 Å². The van der Waals surface area contributed by atoms with Crippen LogP contribution in [0.1, 0.15) is 92.7 Å². The van der Waals surface area contributed by atoms with Gasteiger partial charge in [0.2, 0.25) is 29.5 Å². The van der Waals surface area contributed by atoms with Crippen LogP contribution in [-0.4, -0.2) is 113 Å². The van der Waals surface area contributed by atoms with Gasteiger partial charge in [-0.1, -0.05) is 56.3 Å². The number of hydrogen-bond acceptors (Lipinski definition) is 12. The van der Waals surface area contributed by atoms with E-state index >= 15 is 0 Å². The number of nitrogens with two attached hydrogens (primary N) is 2. The van der Waals surface area contributed by atoms with E-state index in [2.05, 4.69) is 36.9 Å². The zero-order chi connectivity index (χ0) is 49.8. The molecule has 2 rings (SSSR count). The number of nitrogens with one attached hydrogen (secondary N) is 6. The summed E-state index contributed by atoms with van der Waals surface area (Å²) in [5, 5.41) is 25.0. The van der Waals surface area contributed by atoms with E-state index in [0.717, 1.165) is 0 Å². The van der Waals surface area contributed by atoms with Gasteiger partial charge in [0.1, 0.15) is 47.2 Å². The Bertz CT molecular complexity index is 1990. The summed E-state index contributed by atoms with van der Waals surface area (Å²) < 4.78 is 15.7. The summed E-state index contributed by atoms with van der Waals surface area (Å²) in [4.78, 5) is 108. The van der Waals surface area contributed by atoms with Crippen LogP contribution in [-0.2, 0) is 51.1 Å². The van der Waals surface area contributed by atoms with Gasteiger partial charge >= 0.3 is 18.2 Å². The topological polar surface area (TPSA) is 321 Å². The first-order chi connectivity index (χ1) is 30.7. The molecular formula is C45H67N9O12. The molecule has 0 spiro atoms. The molecular weight excluding hydrogens is 859 g/mol. The zero-order valence-corrected chi connectivity index (χ0v) is 39.1. The number of aliphatic imine (C=N–C) groups is 1. The average molecular weight is 926 g/mol. The van der Waals surface area contributed by atoms with E-state index in [1.807, 2.05) is 13.8 Å². The lowest BCUT2D eigenvalue weighted by Crippen LogP contribution is -2.57. The van der Waals surface area contributed by atoms with Gasteiger partial charge in [0.05, 0.1) is 6.54 Å². The van der Waals surface area contributed by atoms with Crippen LogP contribution < -0.4 is 48.1 Å². The third-order valence-electron chi connectivity index (χ3n) is 8.97. The van der Waals surface area contributed by atoms with Gasteiger partial charge in [0.15, 0.2) is 5.96 Å². The lowest BCUT2D eigenvalue weighted by Gasteiger charge is -2.26. The highest BCUT2D eigenvalue weighted by Gasteiger charge is 2.31. The molecule has 364 valence electrons. The number of ether oxygens (including phenoxy) is 3. The number of aliphatic carboxylic acids is 1. The molecule has 0 saturated carbocycles. The van der Waals surface area contributed by atoms with Gasteiger partial charge in [0, 0.05) is 19.4 Å². The molecule has 0 aliphatic heterocycles. The molecule has 21 heteroatoms. The van der Waals surface area contributed by atoms with E-state index in [4.69, 9.17) is 25.7 Å². The SMILES string of the molecule is CC(C)C[C@@H](NC(=O)[C@@H](Cc1ccccc1)NC(=O)CNC(=O)[C@H](C)NC(=O)[C@H](Cc1ccc(OC(=O)OC(C)(C)C)cc1)NC(=O)OC(C)(C)C)C(=O)N[C@H](CCCN=C(N)N)C(=O)O. The van der Waals surface area contributed by atoms with Crippen LogP contribution in [0.3, 0.4) is 0 Å². The number of carboxylic acids is 1. The lowest BCUT2D eigenvalue weighted by molar-refractivity contribution is -0.142. The molecule has 0 aromatic heterocycles. The Labute approximate surface area is 385 Å². The Morgan fingerprint density at radius 2 is 1.18 bits per heavy atom. The molecule has 66 heavy (non-hydrogen) atoms. The largest absolute Gasteiger partial charge is 0.514 e. The van der Waals surface area contributed by atoms with Crippen molar-refractivity contribution in [2.45, 2.75) is 136 Å². The van der Waals surface area contributed by atoms with E-state index in [1.54, 1.807) is 84.0 Å². The smallest absolute Gasteiger partial charge is 0.480 e. The third kappa shape index (κ3) is 22.6. The first-order valence-electron chi connectivity index (χ1n) is 21.5. The summed E-state index contributed by atoms with van der Waals surface area (Å²) in [6.45, 7) is 14.5. The first-order valence-corrected chi connectivity index (χ1v) is 21.5. The van der Waals surface area contributed by atoms with E-state index < -0.39 is 95.7 Å². The molecule has 0 fully saturated rings. The maximum absolute atomic E-state index is 13.8. The summed E-state index contributed by atoms with van der Waals surface area (Å²) in [6.07, 6.45) is -1.49. The predicted octanol–water partition coefficient (Wildman–Crippen LogP) is 1.94. The Hall–Kier alpha value is -6.93. The van der Waals surface area contributed by atoms with E-state index in [0.29, 0.717) is 11.1 Å². The predicted molar refractivity (Wildman–Crippen MR) is 244 cm³/mol. The fourth-order valence-corrected chi connectivity index (χ4v) is 5.97. The number of guanidine groups is 1. The molecule has 0 aliphatic carbocycles. The van der Waals surface area contributed by atoms with Gasteiger partial charge < -0.3 is 62.7 Å². The maximum Gasteiger partial charge on any atom is 0.514 e. The van der Waals surface area contributed by atoms with Crippen molar-refractivity contribution in [2.75, 3.05) is 13.1 Å². The van der Waals surface area contributed by atoms with Crippen LogP contribution in [0.15, 0.2) is 59.6 Å². The number of nitrogens with zero attached hydrogens (tertiary/aromatic N) is 1. The summed E-state index contributed by atoms with van der Waals surface area (Å²) >= 11 is 0. The van der Waals surface area contributed by atoms with E-state index in [9.17, 15) is 43.5 Å². The molecule has 0 heterocycles. The van der Waals surface area contributed by atoms with Crippen molar-refractivity contribution in [3.63, 3.8) is 0 Å². The number of amides is 6. The fraction of sp³-hybridized carbons (Fsp3) is 0.533. The molecule has 6 amide bonds. The summed E-state index contributed by atoms with van der Waals surface area (Å²) in [7, 11) is 0. The normalized spacial score (nSPS) is 13.5. The van der Waals surface area contributed by atoms with Crippen molar-refractivity contribution in [1.29, 1.82) is 0 Å². The van der Waals surface area contributed by atoms with Crippen molar-refractivity contribution in [2.24, 2.45) is 22.4 Å². The molecule has 0 bridgehead atoms. The van der Waals surface area contributed by atoms with Gasteiger partial charge in [0.25, 0.3) is 0 Å². The van der Waals surface area contributed by atoms with Crippen LogP contribution in [0.25, 0.3) is 0 Å². The second kappa shape index (κ2) is 26.1. The summed E-state index contributed by atoms with van der Waals surface area (Å²) in [6, 6.07) is 8.63. The minimum Gasteiger partial charge on any atom is -0.480 e. The highest BCUT2D eigenvalue weighted by Crippen LogP contribution is 2.17. The Morgan fingerprint density at radius 1 is 0.652 bits per heavy atom. The number of alkyl carbamates (subject to hydrolysis) is 1. The Balaban J connectivity index is 2.17. The minimum atomic E-state index is -1.30. The van der Waals surface area contributed by atoms with Crippen molar-refractivity contribution in [3.05, 3.63) is 65.7 Å². The van der Waals surface area contributed by atoms with Gasteiger partial charge in [-0.05, 0) is 96.9 Å². The number of benzene rings is 2. The number of carbonyl (C=O) groups excluding carboxylic acids is 7. The minimum absolute atomic E-state index is 0.00887. The molecule has 2 aromatic carbocycles. The Kier molecular flexibility index (Phi) is 21.9. The van der Waals surface area contributed by atoms with Crippen LogP contribution in [0.4, 0.5) is 9.59 Å². The van der Waals surface area contributed by atoms with Gasteiger partial charge in [-0.25, -0.2) is 14.4 Å². The van der Waals surface area contributed by atoms with Gasteiger partial charge in [-0.3, -0.25) is 29.0 Å². The van der Waals surface area contributed by atoms with Crippen LogP contribution >= 0.6 is 0 Å². The monoisotopic (exact) mass is 925 g/mol. The molecule has 21 nitrogen and oxygen atoms in total. The van der Waals surface area contributed by atoms with Gasteiger partial charge in [-0.2, -0.15) is 0 Å². The van der Waals surface area contributed by atoms with Crippen molar-refractivity contribution >= 4 is 53.7 Å². The summed E-state index contributed by atoms with van der Waals surface area (Å²) in [5.74, 6) is -5.19. The quantitative estimate of drug-likeness (QED) is 0.0253. The average Bonchev–Trinajstić information content (AvgIpc) is 3.19. The number of rotatable bonds is 23. The third-order valence-corrected chi connectivity index (χ3v) is 8.97. The molecule has 5 atom stereocenters. The molecule has 0 saturated heterocycles. The zero-order valence-electron chi connectivity index (χ0n) is 39.1. The number of hydrogen-bond donors (Lipinski definition) is 9. The lowest BCUT2D eigenvalue weighted by atomic mass is 10.0. The number of carboxylic acid groups (broad SMARTS) is 1. The Morgan fingerprint density at radius 3 is 1.73 bits per heavy atom. The molecule has 0 unspecified atom stereocenters. The molecule has 11 N–H and O–H groups in total. The van der Waals surface area contributed by atoms with Crippen molar-refractivity contribution in [1.82, 2.24) is 31.9 Å². The highest BCUT2D eigenvalue weighted by molar-refractivity contribution is 5.95. The van der Waals surface area contributed by atoms with E-state index in [1.165, 1.54) is 19.1 Å². The van der Waals surface area contributed by atoms with Crippen molar-refractivity contribution < 1.29 is 57.7 Å². The fourth-order valence-electron chi connectivity index (χ4n) is 5.97. The van der Waals surface area contributed by atoms with Gasteiger partial charge in [-0.15, -0.1) is 0 Å². The van der Waals surface area contributed by atoms with E-state index in [-0.39, 0.29) is 56.3 Å². The molecule has 0 aliphatic rings. The standard InChI is InChI=1S/C45H67N9O12/c1-26(2)22-32(38(58)52-31(40(60)61)16-13-21-48-41(46)47)53-39(59)33(23-28-14-11-10-12-15-28)51-35(55)25-49-36(56)27(3)50-37(57)34(54-42(62)65-44(4,5)6)24-29-17-19-30(20-18-29)64-43(63)66-45(7,8)9/h10-12,14-15,17-20,26-27,31-34H,13,16,21-25H2,1-9H3,(H,49,56)(H,50,57)(H,51,55)(H,52,58)(H,53,59)(H,54,62)(H,60,61)(H4,46,47,48)/t27-,31+,32+,33+,34-/m0/s1. The second-order valence-corrected chi connectivity index (χ2v) is 17.9. The first kappa shape index (κ1) is 55.2. The second-order valence-electron chi connectivity index (χ2n) is 17.9.